The van der Waals surface area contributed by atoms with Crippen molar-refractivity contribution in [3.05, 3.63) is 94.4 Å². The first kappa shape index (κ1) is 28.5. The summed E-state index contributed by atoms with van der Waals surface area (Å²) in [5.74, 6) is 1.29. The van der Waals surface area contributed by atoms with Crippen molar-refractivity contribution in [3.63, 3.8) is 0 Å². The molecule has 1 atom stereocenters. The zero-order valence-electron chi connectivity index (χ0n) is 23.6. The van der Waals surface area contributed by atoms with Crippen LogP contribution in [0.3, 0.4) is 0 Å². The number of hydrogen-bond acceptors (Lipinski definition) is 5. The highest BCUT2D eigenvalue weighted by molar-refractivity contribution is 5.93. The number of carbonyl (C=O) groups is 1. The Morgan fingerprint density at radius 2 is 1.81 bits per heavy atom. The molecule has 200 valence electrons. The van der Waals surface area contributed by atoms with Gasteiger partial charge in [0.25, 0.3) is 5.91 Å². The molecule has 0 radical (unpaired) electrons. The van der Waals surface area contributed by atoms with Gasteiger partial charge in [-0.25, -0.2) is 0 Å². The Bertz CT molecular complexity index is 1080. The van der Waals surface area contributed by atoms with E-state index < -0.39 is 0 Å². The van der Waals surface area contributed by atoms with E-state index in [2.05, 4.69) is 80.0 Å². The number of piperidine rings is 1. The number of nitrogens with zero attached hydrogens (tertiary/aromatic N) is 3. The van der Waals surface area contributed by atoms with Gasteiger partial charge < -0.3 is 20.9 Å². The Morgan fingerprint density at radius 1 is 1.16 bits per heavy atom. The topological polar surface area (TPSA) is 64.8 Å². The number of nitrogens with two attached hydrogens (primary N) is 1. The van der Waals surface area contributed by atoms with E-state index in [9.17, 15) is 4.79 Å². The number of likely N-dealkylation sites (tertiary alicyclic amines) is 1. The van der Waals surface area contributed by atoms with Crippen LogP contribution >= 0.6 is 0 Å². The molecule has 6 nitrogen and oxygen atoms in total. The van der Waals surface area contributed by atoms with Crippen LogP contribution in [0.25, 0.3) is 0 Å². The van der Waals surface area contributed by atoms with E-state index in [-0.39, 0.29) is 5.91 Å². The second-order valence-corrected chi connectivity index (χ2v) is 10.8. The Balaban J connectivity index is 1.64. The van der Waals surface area contributed by atoms with Gasteiger partial charge >= 0.3 is 0 Å². The van der Waals surface area contributed by atoms with Crippen molar-refractivity contribution in [1.82, 2.24) is 20.0 Å². The summed E-state index contributed by atoms with van der Waals surface area (Å²) in [5, 5.41) is 3.24. The molecule has 1 aromatic carbocycles. The molecule has 1 fully saturated rings. The lowest BCUT2D eigenvalue weighted by Gasteiger charge is -2.37. The number of rotatable bonds is 9. The number of likely N-dealkylation sites (N-methyl/N-ethyl adjacent to an activating group) is 1. The predicted molar refractivity (Wildman–Crippen MR) is 155 cm³/mol. The van der Waals surface area contributed by atoms with Gasteiger partial charge in [-0.3, -0.25) is 9.69 Å². The van der Waals surface area contributed by atoms with Crippen LogP contribution in [0, 0.1) is 0 Å². The molecule has 3 rings (SSSR count). The monoisotopic (exact) mass is 503 g/mol. The molecule has 1 amide bonds. The minimum atomic E-state index is 0.0513. The van der Waals surface area contributed by atoms with E-state index in [0.717, 1.165) is 43.6 Å². The molecule has 0 bridgehead atoms. The van der Waals surface area contributed by atoms with Gasteiger partial charge in [0.1, 0.15) is 0 Å². The molecule has 0 aliphatic carbocycles. The molecule has 6 heteroatoms. The first-order chi connectivity index (χ1) is 17.6. The van der Waals surface area contributed by atoms with E-state index >= 15 is 0 Å². The fraction of sp³-hybridized carbons (Fsp3) is 0.452. The molecule has 1 saturated heterocycles. The summed E-state index contributed by atoms with van der Waals surface area (Å²) in [4.78, 5) is 18.5. The van der Waals surface area contributed by atoms with Gasteiger partial charge in [0, 0.05) is 38.8 Å². The quantitative estimate of drug-likeness (QED) is 0.493. The van der Waals surface area contributed by atoms with Crippen LogP contribution in [-0.4, -0.2) is 81.0 Å². The molecule has 0 aromatic heterocycles. The van der Waals surface area contributed by atoms with Crippen molar-refractivity contribution in [2.75, 3.05) is 54.4 Å². The predicted octanol–water partition coefficient (Wildman–Crippen LogP) is 4.28. The highest BCUT2D eigenvalue weighted by Gasteiger charge is 2.25. The van der Waals surface area contributed by atoms with Gasteiger partial charge in [-0.05, 0) is 100 Å². The summed E-state index contributed by atoms with van der Waals surface area (Å²) in [6.45, 7) is 12.6. The first-order valence-corrected chi connectivity index (χ1v) is 13.3. The number of dihydropyridines is 1. The minimum absolute atomic E-state index is 0.0513. The van der Waals surface area contributed by atoms with E-state index in [0.29, 0.717) is 24.3 Å². The molecule has 0 saturated carbocycles. The standard InChI is InChI=1S/C31H45N5O/c1-22(20-23(2)29(16-17-34(4)5)28-12-13-30(32)33-21-28)24(3)36-18-14-26(15-19-36)25-8-10-27(11-9-25)31(37)35(6)7/h8-13,16,20,24,26,33H,2,14-15,17-19,21,32H2,1,3-7H3/b22-20+,29-16+. The maximum atomic E-state index is 12.2. The second kappa shape index (κ2) is 12.9. The first-order valence-electron chi connectivity index (χ1n) is 13.3. The lowest BCUT2D eigenvalue weighted by atomic mass is 9.87. The summed E-state index contributed by atoms with van der Waals surface area (Å²) >= 11 is 0. The number of allylic oxidation sites excluding steroid dienone is 4. The zero-order chi connectivity index (χ0) is 27.1. The van der Waals surface area contributed by atoms with Gasteiger partial charge in [0.2, 0.25) is 0 Å². The lowest BCUT2D eigenvalue weighted by molar-refractivity contribution is 0.0827. The Morgan fingerprint density at radius 3 is 2.35 bits per heavy atom. The van der Waals surface area contributed by atoms with E-state index in [1.54, 1.807) is 19.0 Å². The van der Waals surface area contributed by atoms with Crippen LogP contribution in [0.5, 0.6) is 0 Å². The molecule has 3 N–H and O–H groups in total. The fourth-order valence-corrected chi connectivity index (χ4v) is 4.97. The number of benzene rings is 1. The Hall–Kier alpha value is -3.09. The molecule has 1 aromatic rings. The van der Waals surface area contributed by atoms with Crippen molar-refractivity contribution in [1.29, 1.82) is 0 Å². The summed E-state index contributed by atoms with van der Waals surface area (Å²) < 4.78 is 0. The molecule has 2 heterocycles. The molecule has 2 aliphatic rings. The van der Waals surface area contributed by atoms with Crippen molar-refractivity contribution in [2.45, 2.75) is 38.6 Å². The number of hydrogen-bond donors (Lipinski definition) is 2. The number of nitrogens with one attached hydrogen (secondary N) is 1. The van der Waals surface area contributed by atoms with Crippen LogP contribution in [-0.2, 0) is 0 Å². The Kier molecular flexibility index (Phi) is 9.95. The zero-order valence-corrected chi connectivity index (χ0v) is 23.6. The fourth-order valence-electron chi connectivity index (χ4n) is 4.97. The maximum absolute atomic E-state index is 12.2. The van der Waals surface area contributed by atoms with Crippen LogP contribution in [0.1, 0.15) is 48.5 Å². The third kappa shape index (κ3) is 7.70. The van der Waals surface area contributed by atoms with Crippen LogP contribution in [0.2, 0.25) is 0 Å². The van der Waals surface area contributed by atoms with Crippen molar-refractivity contribution >= 4 is 5.91 Å². The van der Waals surface area contributed by atoms with Crippen molar-refractivity contribution < 1.29 is 4.79 Å². The number of amides is 1. The second-order valence-electron chi connectivity index (χ2n) is 10.8. The van der Waals surface area contributed by atoms with Gasteiger partial charge in [-0.1, -0.05) is 42.5 Å². The molecular formula is C31H45N5O. The largest absolute Gasteiger partial charge is 0.386 e. The maximum Gasteiger partial charge on any atom is 0.253 e. The third-order valence-electron chi connectivity index (χ3n) is 7.47. The third-order valence-corrected chi connectivity index (χ3v) is 7.47. The van der Waals surface area contributed by atoms with Gasteiger partial charge in [-0.2, -0.15) is 0 Å². The van der Waals surface area contributed by atoms with E-state index in [1.807, 2.05) is 18.2 Å². The highest BCUT2D eigenvalue weighted by Crippen LogP contribution is 2.31. The van der Waals surface area contributed by atoms with Gasteiger partial charge in [0.05, 0.1) is 5.82 Å². The van der Waals surface area contributed by atoms with Gasteiger partial charge in [0.15, 0.2) is 0 Å². The summed E-state index contributed by atoms with van der Waals surface area (Å²) in [5.41, 5.74) is 12.7. The van der Waals surface area contributed by atoms with E-state index in [1.165, 1.54) is 22.3 Å². The Labute approximate surface area is 223 Å². The summed E-state index contributed by atoms with van der Waals surface area (Å²) in [6.07, 6.45) is 10.8. The minimum Gasteiger partial charge on any atom is -0.386 e. The summed E-state index contributed by atoms with van der Waals surface area (Å²) in [6, 6.07) is 8.55. The average Bonchev–Trinajstić information content (AvgIpc) is 2.88. The smallest absolute Gasteiger partial charge is 0.253 e. The molecule has 1 unspecified atom stereocenters. The van der Waals surface area contributed by atoms with E-state index in [4.69, 9.17) is 5.73 Å². The number of carbonyl (C=O) groups excluding carboxylic acids is 1. The molecular weight excluding hydrogens is 458 g/mol. The highest BCUT2D eigenvalue weighted by atomic mass is 16.2. The molecule has 0 spiro atoms. The summed E-state index contributed by atoms with van der Waals surface area (Å²) in [7, 11) is 7.73. The molecule has 2 aliphatic heterocycles. The molecule has 37 heavy (non-hydrogen) atoms. The average molecular weight is 504 g/mol. The van der Waals surface area contributed by atoms with Crippen LogP contribution < -0.4 is 11.1 Å². The van der Waals surface area contributed by atoms with Crippen molar-refractivity contribution in [3.8, 4) is 0 Å². The SMILES string of the molecule is C=C(/C=C(\C)C(C)N1CCC(c2ccc(C(=O)N(C)C)cc2)CC1)/C(=C\CN(C)C)C1=CC=C(N)NC1. The van der Waals surface area contributed by atoms with Crippen molar-refractivity contribution in [2.24, 2.45) is 5.73 Å². The van der Waals surface area contributed by atoms with Crippen LogP contribution in [0.4, 0.5) is 0 Å². The lowest BCUT2D eigenvalue weighted by Crippen LogP contribution is -2.40. The van der Waals surface area contributed by atoms with Crippen LogP contribution in [0.15, 0.2) is 83.3 Å². The van der Waals surface area contributed by atoms with Gasteiger partial charge in [-0.15, -0.1) is 0 Å². The normalized spacial score (nSPS) is 18.7.